The Labute approximate surface area is 87.8 Å². The number of cyclic esters (lactones) is 1. The highest BCUT2D eigenvalue weighted by atomic mass is 16.6. The van der Waals surface area contributed by atoms with Gasteiger partial charge in [0, 0.05) is 6.54 Å². The lowest BCUT2D eigenvalue weighted by Gasteiger charge is -2.09. The molecule has 0 spiro atoms. The SMILES string of the molecule is Cc1ccc(CN2CC(CN)OC2=O)o1. The fourth-order valence-corrected chi connectivity index (χ4v) is 1.58. The van der Waals surface area contributed by atoms with E-state index in [1.807, 2.05) is 19.1 Å². The third kappa shape index (κ3) is 2.12. The first-order valence-electron chi connectivity index (χ1n) is 4.90. The van der Waals surface area contributed by atoms with Gasteiger partial charge in [0.15, 0.2) is 0 Å². The molecule has 0 aliphatic carbocycles. The molecular formula is C10H14N2O3. The zero-order valence-electron chi connectivity index (χ0n) is 8.60. The van der Waals surface area contributed by atoms with Crippen LogP contribution in [-0.2, 0) is 11.3 Å². The van der Waals surface area contributed by atoms with Crippen LogP contribution in [0.15, 0.2) is 16.5 Å². The molecule has 1 atom stereocenters. The van der Waals surface area contributed by atoms with Gasteiger partial charge in [0.05, 0.1) is 13.1 Å². The van der Waals surface area contributed by atoms with E-state index in [1.165, 1.54) is 0 Å². The summed E-state index contributed by atoms with van der Waals surface area (Å²) in [5.41, 5.74) is 5.43. The fraction of sp³-hybridized carbons (Fsp3) is 0.500. The number of hydrogen-bond donors (Lipinski definition) is 1. The minimum atomic E-state index is -0.320. The van der Waals surface area contributed by atoms with Gasteiger partial charge in [-0.05, 0) is 19.1 Å². The monoisotopic (exact) mass is 210 g/mol. The zero-order chi connectivity index (χ0) is 10.8. The van der Waals surface area contributed by atoms with Crippen LogP contribution < -0.4 is 5.73 Å². The van der Waals surface area contributed by atoms with Crippen molar-refractivity contribution in [3.63, 3.8) is 0 Å². The normalized spacial score (nSPS) is 20.8. The summed E-state index contributed by atoms with van der Waals surface area (Å²) in [5.74, 6) is 1.61. The van der Waals surface area contributed by atoms with Crippen LogP contribution in [0.5, 0.6) is 0 Å². The van der Waals surface area contributed by atoms with Gasteiger partial charge in [-0.1, -0.05) is 0 Å². The number of aryl methyl sites for hydroxylation is 1. The van der Waals surface area contributed by atoms with Crippen molar-refractivity contribution >= 4 is 6.09 Å². The molecule has 1 fully saturated rings. The predicted octanol–water partition coefficient (Wildman–Crippen LogP) is 0.868. The molecule has 5 heteroatoms. The van der Waals surface area contributed by atoms with Crippen molar-refractivity contribution in [2.75, 3.05) is 13.1 Å². The van der Waals surface area contributed by atoms with Crippen LogP contribution in [0, 0.1) is 6.92 Å². The molecular weight excluding hydrogens is 196 g/mol. The quantitative estimate of drug-likeness (QED) is 0.803. The van der Waals surface area contributed by atoms with E-state index >= 15 is 0 Å². The smallest absolute Gasteiger partial charge is 0.410 e. The molecule has 0 radical (unpaired) electrons. The van der Waals surface area contributed by atoms with Crippen molar-refractivity contribution in [2.24, 2.45) is 5.73 Å². The van der Waals surface area contributed by atoms with Crippen molar-refractivity contribution in [1.29, 1.82) is 0 Å². The van der Waals surface area contributed by atoms with E-state index in [-0.39, 0.29) is 12.2 Å². The first-order chi connectivity index (χ1) is 7.19. The zero-order valence-corrected chi connectivity index (χ0v) is 8.60. The highest BCUT2D eigenvalue weighted by molar-refractivity contribution is 5.69. The number of nitrogens with zero attached hydrogens (tertiary/aromatic N) is 1. The molecule has 1 aliphatic rings. The van der Waals surface area contributed by atoms with E-state index in [9.17, 15) is 4.79 Å². The lowest BCUT2D eigenvalue weighted by Crippen LogP contribution is -2.27. The summed E-state index contributed by atoms with van der Waals surface area (Å²) in [4.78, 5) is 13.0. The van der Waals surface area contributed by atoms with Gasteiger partial charge in [-0.2, -0.15) is 0 Å². The van der Waals surface area contributed by atoms with Gasteiger partial charge < -0.3 is 14.9 Å². The third-order valence-electron chi connectivity index (χ3n) is 2.36. The van der Waals surface area contributed by atoms with E-state index in [0.29, 0.717) is 19.6 Å². The first kappa shape index (κ1) is 10.0. The van der Waals surface area contributed by atoms with Gasteiger partial charge in [0.25, 0.3) is 0 Å². The second-order valence-electron chi connectivity index (χ2n) is 3.63. The number of carbonyl (C=O) groups is 1. The Hall–Kier alpha value is -1.49. The molecule has 82 valence electrons. The van der Waals surface area contributed by atoms with Crippen molar-refractivity contribution in [2.45, 2.75) is 19.6 Å². The standard InChI is InChI=1S/C10H14N2O3/c1-7-2-3-8(14-7)5-12-6-9(4-11)15-10(12)13/h2-3,9H,4-6,11H2,1H3. The Bertz CT molecular complexity index is 361. The number of hydrogen-bond acceptors (Lipinski definition) is 4. The van der Waals surface area contributed by atoms with E-state index in [0.717, 1.165) is 11.5 Å². The van der Waals surface area contributed by atoms with Crippen LogP contribution in [0.25, 0.3) is 0 Å². The minimum Gasteiger partial charge on any atom is -0.464 e. The van der Waals surface area contributed by atoms with E-state index in [1.54, 1.807) is 4.90 Å². The minimum absolute atomic E-state index is 0.187. The molecule has 1 aromatic heterocycles. The van der Waals surface area contributed by atoms with Crippen LogP contribution in [0.2, 0.25) is 0 Å². The average molecular weight is 210 g/mol. The maximum atomic E-state index is 11.4. The fourth-order valence-electron chi connectivity index (χ4n) is 1.58. The van der Waals surface area contributed by atoms with Gasteiger partial charge in [-0.25, -0.2) is 4.79 Å². The largest absolute Gasteiger partial charge is 0.464 e. The number of furan rings is 1. The highest BCUT2D eigenvalue weighted by Gasteiger charge is 2.30. The van der Waals surface area contributed by atoms with Crippen LogP contribution in [0.1, 0.15) is 11.5 Å². The molecule has 0 saturated carbocycles. The van der Waals surface area contributed by atoms with Gasteiger partial charge in [0.1, 0.15) is 17.6 Å². The molecule has 0 aromatic carbocycles. The first-order valence-corrected chi connectivity index (χ1v) is 4.90. The maximum Gasteiger partial charge on any atom is 0.410 e. The van der Waals surface area contributed by atoms with Gasteiger partial charge in [-0.3, -0.25) is 4.90 Å². The Morgan fingerprint density at radius 1 is 1.60 bits per heavy atom. The van der Waals surface area contributed by atoms with Crippen LogP contribution in [0.3, 0.4) is 0 Å². The Kier molecular flexibility index (Phi) is 2.64. The number of nitrogens with two attached hydrogens (primary N) is 1. The maximum absolute atomic E-state index is 11.4. The molecule has 1 amide bonds. The molecule has 15 heavy (non-hydrogen) atoms. The van der Waals surface area contributed by atoms with E-state index in [4.69, 9.17) is 14.9 Å². The number of ether oxygens (including phenoxy) is 1. The summed E-state index contributed by atoms with van der Waals surface area (Å²) in [6.07, 6.45) is -0.506. The number of rotatable bonds is 3. The summed E-state index contributed by atoms with van der Waals surface area (Å²) in [6, 6.07) is 3.73. The topological polar surface area (TPSA) is 68.7 Å². The summed E-state index contributed by atoms with van der Waals surface area (Å²) in [6.45, 7) is 3.21. The van der Waals surface area contributed by atoms with Crippen LogP contribution in [0.4, 0.5) is 4.79 Å². The summed E-state index contributed by atoms with van der Waals surface area (Å²) >= 11 is 0. The predicted molar refractivity (Wildman–Crippen MR) is 53.2 cm³/mol. The second kappa shape index (κ2) is 3.94. The van der Waals surface area contributed by atoms with E-state index < -0.39 is 0 Å². The average Bonchev–Trinajstić information content (AvgIpc) is 2.75. The third-order valence-corrected chi connectivity index (χ3v) is 2.36. The molecule has 1 unspecified atom stereocenters. The molecule has 1 aliphatic heterocycles. The van der Waals surface area contributed by atoms with Gasteiger partial charge in [0.2, 0.25) is 0 Å². The molecule has 1 saturated heterocycles. The van der Waals surface area contributed by atoms with Gasteiger partial charge in [-0.15, -0.1) is 0 Å². The molecule has 0 bridgehead atoms. The van der Waals surface area contributed by atoms with Crippen molar-refractivity contribution in [1.82, 2.24) is 4.90 Å². The molecule has 5 nitrogen and oxygen atoms in total. The van der Waals surface area contributed by atoms with Crippen LogP contribution in [-0.4, -0.2) is 30.2 Å². The Morgan fingerprint density at radius 3 is 2.93 bits per heavy atom. The number of amides is 1. The van der Waals surface area contributed by atoms with Crippen molar-refractivity contribution in [3.8, 4) is 0 Å². The summed E-state index contributed by atoms with van der Waals surface area (Å²) in [7, 11) is 0. The molecule has 1 aromatic rings. The highest BCUT2D eigenvalue weighted by Crippen LogP contribution is 2.15. The summed E-state index contributed by atoms with van der Waals surface area (Å²) < 4.78 is 10.4. The lowest BCUT2D eigenvalue weighted by molar-refractivity contribution is 0.133. The molecule has 2 heterocycles. The number of carbonyl (C=O) groups excluding carboxylic acids is 1. The Morgan fingerprint density at radius 2 is 2.40 bits per heavy atom. The molecule has 2 N–H and O–H groups in total. The van der Waals surface area contributed by atoms with Gasteiger partial charge >= 0.3 is 6.09 Å². The van der Waals surface area contributed by atoms with E-state index in [2.05, 4.69) is 0 Å². The Balaban J connectivity index is 1.98. The second-order valence-corrected chi connectivity index (χ2v) is 3.63. The van der Waals surface area contributed by atoms with Crippen molar-refractivity contribution < 1.29 is 13.9 Å². The van der Waals surface area contributed by atoms with Crippen molar-refractivity contribution in [3.05, 3.63) is 23.7 Å². The van der Waals surface area contributed by atoms with Crippen LogP contribution >= 0.6 is 0 Å². The molecule has 2 rings (SSSR count). The lowest BCUT2D eigenvalue weighted by atomic mass is 10.3. The summed E-state index contributed by atoms with van der Waals surface area (Å²) in [5, 5.41) is 0.